The van der Waals surface area contributed by atoms with Crippen LogP contribution in [0.5, 0.6) is 5.75 Å². The Balaban J connectivity index is 1.94. The summed E-state index contributed by atoms with van der Waals surface area (Å²) in [4.78, 5) is 11.9. The van der Waals surface area contributed by atoms with E-state index in [4.69, 9.17) is 16.3 Å². The molecule has 0 aliphatic heterocycles. The maximum atomic E-state index is 11.9. The van der Waals surface area contributed by atoms with Gasteiger partial charge >= 0.3 is 0 Å². The van der Waals surface area contributed by atoms with Crippen LogP contribution in [0.15, 0.2) is 42.5 Å². The van der Waals surface area contributed by atoms with Gasteiger partial charge in [-0.25, -0.2) is 0 Å². The molecule has 2 aromatic carbocycles. The molecule has 1 amide bonds. The van der Waals surface area contributed by atoms with E-state index in [1.165, 1.54) is 0 Å². The third-order valence-corrected chi connectivity index (χ3v) is 3.32. The summed E-state index contributed by atoms with van der Waals surface area (Å²) in [5.41, 5.74) is 2.82. The number of carbonyl (C=O) groups is 1. The fourth-order valence-electron chi connectivity index (χ4n) is 1.99. The summed E-state index contributed by atoms with van der Waals surface area (Å²) in [5.74, 6) is 0.451. The Morgan fingerprint density at radius 1 is 1.18 bits per heavy atom. The lowest BCUT2D eigenvalue weighted by molar-refractivity contribution is -0.118. The van der Waals surface area contributed by atoms with Gasteiger partial charge in [0.25, 0.3) is 5.91 Å². The predicted octanol–water partition coefficient (Wildman–Crippen LogP) is 3.39. The molecule has 0 unspecified atom stereocenters. The molecule has 0 saturated carbocycles. The fraction of sp³-hybridized carbons (Fsp3) is 0.235. The van der Waals surface area contributed by atoms with E-state index in [1.54, 1.807) is 12.1 Å². The second-order valence-electron chi connectivity index (χ2n) is 4.99. The van der Waals surface area contributed by atoms with Crippen molar-refractivity contribution in [2.45, 2.75) is 13.5 Å². The summed E-state index contributed by atoms with van der Waals surface area (Å²) in [5, 5.41) is 6.48. The Morgan fingerprint density at radius 2 is 1.91 bits per heavy atom. The number of carbonyl (C=O) groups excluding carboxylic acids is 1. The molecule has 22 heavy (non-hydrogen) atoms. The van der Waals surface area contributed by atoms with Crippen molar-refractivity contribution in [3.63, 3.8) is 0 Å². The molecule has 0 atom stereocenters. The smallest absolute Gasteiger partial charge is 0.262 e. The van der Waals surface area contributed by atoms with Gasteiger partial charge in [0.1, 0.15) is 5.75 Å². The molecule has 0 aromatic heterocycles. The van der Waals surface area contributed by atoms with Crippen LogP contribution in [0.4, 0.5) is 5.69 Å². The SMILES string of the molecule is CNCc1cc(Cl)ccc1OCC(=O)Nc1ccc(C)cc1. The van der Waals surface area contributed by atoms with Crippen molar-refractivity contribution in [2.24, 2.45) is 0 Å². The number of rotatable bonds is 6. The number of ether oxygens (including phenoxy) is 1. The summed E-state index contributed by atoms with van der Waals surface area (Å²) in [6.07, 6.45) is 0. The Kier molecular flexibility index (Phi) is 5.81. The Morgan fingerprint density at radius 3 is 2.59 bits per heavy atom. The van der Waals surface area contributed by atoms with Crippen molar-refractivity contribution in [1.29, 1.82) is 0 Å². The van der Waals surface area contributed by atoms with Gasteiger partial charge in [-0.3, -0.25) is 4.79 Å². The molecule has 0 spiro atoms. The molecular weight excluding hydrogens is 300 g/mol. The highest BCUT2D eigenvalue weighted by Crippen LogP contribution is 2.22. The second-order valence-corrected chi connectivity index (χ2v) is 5.42. The molecule has 2 rings (SSSR count). The number of hydrogen-bond donors (Lipinski definition) is 2. The van der Waals surface area contributed by atoms with E-state index < -0.39 is 0 Å². The quantitative estimate of drug-likeness (QED) is 0.858. The number of anilines is 1. The average Bonchev–Trinajstić information content (AvgIpc) is 2.49. The molecule has 5 heteroatoms. The zero-order valence-corrected chi connectivity index (χ0v) is 13.4. The lowest BCUT2D eigenvalue weighted by Gasteiger charge is -2.12. The van der Waals surface area contributed by atoms with Gasteiger partial charge in [0, 0.05) is 22.8 Å². The van der Waals surface area contributed by atoms with Crippen molar-refractivity contribution < 1.29 is 9.53 Å². The van der Waals surface area contributed by atoms with Gasteiger partial charge in [-0.05, 0) is 44.3 Å². The van der Waals surface area contributed by atoms with Crippen LogP contribution < -0.4 is 15.4 Å². The largest absolute Gasteiger partial charge is 0.483 e. The van der Waals surface area contributed by atoms with E-state index in [0.29, 0.717) is 17.3 Å². The minimum Gasteiger partial charge on any atom is -0.483 e. The minimum absolute atomic E-state index is 0.0494. The fourth-order valence-corrected chi connectivity index (χ4v) is 2.19. The van der Waals surface area contributed by atoms with Crippen LogP contribution in [0.2, 0.25) is 5.02 Å². The summed E-state index contributed by atoms with van der Waals surface area (Å²) in [6, 6.07) is 13.0. The maximum absolute atomic E-state index is 11.9. The topological polar surface area (TPSA) is 50.4 Å². The summed E-state index contributed by atoms with van der Waals surface area (Å²) < 4.78 is 5.59. The number of hydrogen-bond acceptors (Lipinski definition) is 3. The lowest BCUT2D eigenvalue weighted by Crippen LogP contribution is -2.20. The van der Waals surface area contributed by atoms with Crippen LogP contribution in [0, 0.1) is 6.92 Å². The van der Waals surface area contributed by atoms with Crippen LogP contribution in [0.25, 0.3) is 0 Å². The average molecular weight is 319 g/mol. The van der Waals surface area contributed by atoms with Crippen LogP contribution in [0.1, 0.15) is 11.1 Å². The molecule has 0 fully saturated rings. The van der Waals surface area contributed by atoms with Crippen molar-refractivity contribution in [1.82, 2.24) is 5.32 Å². The number of halogens is 1. The van der Waals surface area contributed by atoms with E-state index in [1.807, 2.05) is 44.3 Å². The number of aryl methyl sites for hydroxylation is 1. The Labute approximate surface area is 135 Å². The minimum atomic E-state index is -0.200. The van der Waals surface area contributed by atoms with Gasteiger partial charge < -0.3 is 15.4 Å². The molecule has 2 N–H and O–H groups in total. The van der Waals surface area contributed by atoms with E-state index in [2.05, 4.69) is 10.6 Å². The summed E-state index contributed by atoms with van der Waals surface area (Å²) in [7, 11) is 1.84. The van der Waals surface area contributed by atoms with Crippen LogP contribution >= 0.6 is 11.6 Å². The highest BCUT2D eigenvalue weighted by molar-refractivity contribution is 6.30. The first-order valence-corrected chi connectivity index (χ1v) is 7.38. The van der Waals surface area contributed by atoms with Crippen molar-refractivity contribution in [3.05, 3.63) is 58.6 Å². The highest BCUT2D eigenvalue weighted by Gasteiger charge is 2.08. The first kappa shape index (κ1) is 16.3. The Hall–Kier alpha value is -2.04. The van der Waals surface area contributed by atoms with Gasteiger partial charge in [-0.15, -0.1) is 0 Å². The maximum Gasteiger partial charge on any atom is 0.262 e. The van der Waals surface area contributed by atoms with Crippen LogP contribution in [-0.2, 0) is 11.3 Å². The normalized spacial score (nSPS) is 10.3. The van der Waals surface area contributed by atoms with Gasteiger partial charge in [-0.2, -0.15) is 0 Å². The van der Waals surface area contributed by atoms with Gasteiger partial charge in [0.2, 0.25) is 0 Å². The lowest BCUT2D eigenvalue weighted by atomic mass is 10.2. The zero-order chi connectivity index (χ0) is 15.9. The van der Waals surface area contributed by atoms with Crippen LogP contribution in [-0.4, -0.2) is 19.6 Å². The highest BCUT2D eigenvalue weighted by atomic mass is 35.5. The van der Waals surface area contributed by atoms with E-state index >= 15 is 0 Å². The molecular formula is C17H19ClN2O2. The molecule has 0 bridgehead atoms. The summed E-state index contributed by atoms with van der Waals surface area (Å²) >= 11 is 5.97. The van der Waals surface area contributed by atoms with Crippen LogP contribution in [0.3, 0.4) is 0 Å². The van der Waals surface area contributed by atoms with E-state index in [9.17, 15) is 4.79 Å². The molecule has 0 radical (unpaired) electrons. The number of amides is 1. The van der Waals surface area contributed by atoms with Crippen molar-refractivity contribution in [3.8, 4) is 5.75 Å². The van der Waals surface area contributed by atoms with Crippen molar-refractivity contribution in [2.75, 3.05) is 19.0 Å². The second kappa shape index (κ2) is 7.82. The predicted molar refractivity (Wildman–Crippen MR) is 89.5 cm³/mol. The molecule has 0 heterocycles. The molecule has 2 aromatic rings. The van der Waals surface area contributed by atoms with E-state index in [-0.39, 0.29) is 12.5 Å². The third-order valence-electron chi connectivity index (χ3n) is 3.08. The van der Waals surface area contributed by atoms with E-state index in [0.717, 1.165) is 16.8 Å². The first-order chi connectivity index (χ1) is 10.6. The molecule has 0 aliphatic rings. The van der Waals surface area contributed by atoms with Gasteiger partial charge in [0.05, 0.1) is 0 Å². The standard InChI is InChI=1S/C17H19ClN2O2/c1-12-3-6-15(7-4-12)20-17(21)11-22-16-8-5-14(18)9-13(16)10-19-2/h3-9,19H,10-11H2,1-2H3,(H,20,21). The van der Waals surface area contributed by atoms with Gasteiger partial charge in [0.15, 0.2) is 6.61 Å². The summed E-state index contributed by atoms with van der Waals surface area (Å²) in [6.45, 7) is 2.57. The molecule has 116 valence electrons. The number of nitrogens with one attached hydrogen (secondary N) is 2. The molecule has 4 nitrogen and oxygen atoms in total. The molecule has 0 saturated heterocycles. The Bertz CT molecular complexity index is 642. The van der Waals surface area contributed by atoms with Gasteiger partial charge in [-0.1, -0.05) is 29.3 Å². The zero-order valence-electron chi connectivity index (χ0n) is 12.7. The number of benzene rings is 2. The third kappa shape index (κ3) is 4.76. The molecule has 0 aliphatic carbocycles. The monoisotopic (exact) mass is 318 g/mol. The first-order valence-electron chi connectivity index (χ1n) is 7.01. The van der Waals surface area contributed by atoms with Crippen molar-refractivity contribution >= 4 is 23.2 Å².